The van der Waals surface area contributed by atoms with Gasteiger partial charge in [0.15, 0.2) is 5.78 Å². The van der Waals surface area contributed by atoms with E-state index in [0.717, 1.165) is 24.0 Å². The molecule has 0 aromatic heterocycles. The van der Waals surface area contributed by atoms with E-state index in [9.17, 15) is 24.3 Å². The van der Waals surface area contributed by atoms with Gasteiger partial charge in [0.2, 0.25) is 0 Å². The highest BCUT2D eigenvalue weighted by molar-refractivity contribution is 5.99. The van der Waals surface area contributed by atoms with Gasteiger partial charge in [0, 0.05) is 29.3 Å². The second-order valence-electron chi connectivity index (χ2n) is 13.7. The fourth-order valence-electron chi connectivity index (χ4n) is 4.40. The molecule has 0 bridgehead atoms. The molecule has 1 saturated carbocycles. The van der Waals surface area contributed by atoms with Gasteiger partial charge in [-0.1, -0.05) is 24.0 Å². The van der Waals surface area contributed by atoms with Crippen molar-refractivity contribution in [1.82, 2.24) is 15.5 Å². The first kappa shape index (κ1) is 35.1. The van der Waals surface area contributed by atoms with Crippen molar-refractivity contribution in [3.05, 3.63) is 70.8 Å². The Morgan fingerprint density at radius 2 is 1.36 bits per heavy atom. The molecule has 3 rings (SSSR count). The van der Waals surface area contributed by atoms with E-state index in [1.165, 1.54) is 0 Å². The van der Waals surface area contributed by atoms with Crippen LogP contribution in [0.25, 0.3) is 0 Å². The third-order valence-electron chi connectivity index (χ3n) is 6.72. The molecule has 0 radical (unpaired) electrons. The van der Waals surface area contributed by atoms with E-state index < -0.39 is 47.2 Å². The number of aliphatic hydroxyl groups is 1. The fourth-order valence-corrected chi connectivity index (χ4v) is 4.40. The van der Waals surface area contributed by atoms with Gasteiger partial charge < -0.3 is 30.1 Å². The third-order valence-corrected chi connectivity index (χ3v) is 6.72. The highest BCUT2D eigenvalue weighted by Crippen LogP contribution is 2.30. The number of amides is 3. The standard InChI is InChI=1S/C35H45N3O7/c1-33(2,3)44-31(42)37-35(7,8)29(28(40)22-39)36-30(41)26-17-15-24(16-18-26)10-9-23-11-13-25(14-12-23)21-38(27-19-20-27)32(43)45-34(4,5)6/h11-18,27,29,39H,19-22H2,1-8H3,(H,36,41)(H,37,42)/t29-/m1/s1. The number of hydrogen-bond donors (Lipinski definition) is 3. The second kappa shape index (κ2) is 14.2. The van der Waals surface area contributed by atoms with Gasteiger partial charge in [-0.15, -0.1) is 0 Å². The van der Waals surface area contributed by atoms with Crippen LogP contribution in [0, 0.1) is 11.8 Å². The molecule has 0 saturated heterocycles. The molecular formula is C35H45N3O7. The lowest BCUT2D eigenvalue weighted by molar-refractivity contribution is -0.125. The van der Waals surface area contributed by atoms with Crippen molar-refractivity contribution < 1.29 is 33.8 Å². The van der Waals surface area contributed by atoms with Crippen LogP contribution < -0.4 is 10.6 Å². The molecule has 0 spiro atoms. The van der Waals surface area contributed by atoms with E-state index in [1.54, 1.807) is 63.8 Å². The number of ketones is 1. The number of rotatable bonds is 9. The highest BCUT2D eigenvalue weighted by atomic mass is 16.6. The molecule has 0 aliphatic heterocycles. The number of aliphatic hydroxyl groups excluding tert-OH is 1. The summed E-state index contributed by atoms with van der Waals surface area (Å²) >= 11 is 0. The number of Topliss-reactive ketones (excluding diaryl/α,β-unsaturated/α-hetero) is 1. The maximum absolute atomic E-state index is 13.0. The molecule has 0 unspecified atom stereocenters. The van der Waals surface area contributed by atoms with Crippen molar-refractivity contribution >= 4 is 23.9 Å². The van der Waals surface area contributed by atoms with E-state index in [4.69, 9.17) is 9.47 Å². The lowest BCUT2D eigenvalue weighted by atomic mass is 9.91. The van der Waals surface area contributed by atoms with Crippen molar-refractivity contribution in [2.24, 2.45) is 0 Å². The van der Waals surface area contributed by atoms with Crippen LogP contribution >= 0.6 is 0 Å². The number of benzene rings is 2. The summed E-state index contributed by atoms with van der Waals surface area (Å²) in [5.74, 6) is 4.97. The predicted molar refractivity (Wildman–Crippen MR) is 170 cm³/mol. The van der Waals surface area contributed by atoms with Crippen LogP contribution in [0.1, 0.15) is 95.3 Å². The minimum atomic E-state index is -1.26. The minimum absolute atomic E-state index is 0.214. The molecule has 10 nitrogen and oxygen atoms in total. The van der Waals surface area contributed by atoms with Gasteiger partial charge in [-0.3, -0.25) is 9.59 Å². The molecule has 2 aromatic carbocycles. The summed E-state index contributed by atoms with van der Waals surface area (Å²) in [4.78, 5) is 52.4. The Morgan fingerprint density at radius 1 is 0.844 bits per heavy atom. The Labute approximate surface area is 265 Å². The zero-order chi connectivity index (χ0) is 33.6. The van der Waals surface area contributed by atoms with Gasteiger partial charge in [0.25, 0.3) is 5.91 Å². The summed E-state index contributed by atoms with van der Waals surface area (Å²) in [7, 11) is 0. The number of nitrogens with one attached hydrogen (secondary N) is 2. The molecule has 3 N–H and O–H groups in total. The smallest absolute Gasteiger partial charge is 0.410 e. The topological polar surface area (TPSA) is 134 Å². The molecule has 1 aliphatic carbocycles. The largest absolute Gasteiger partial charge is 0.444 e. The number of carbonyl (C=O) groups is 4. The molecule has 242 valence electrons. The van der Waals surface area contributed by atoms with Gasteiger partial charge >= 0.3 is 12.2 Å². The SMILES string of the molecule is CC(C)(C)OC(=O)NC(C)(C)[C@H](NC(=O)c1ccc(C#Cc2ccc(CN(C(=O)OC(C)(C)C)C3CC3)cc2)cc1)C(=O)CO. The molecular weight excluding hydrogens is 574 g/mol. The van der Waals surface area contributed by atoms with Crippen LogP contribution in [0.3, 0.4) is 0 Å². The quantitative estimate of drug-likeness (QED) is 0.338. The molecule has 45 heavy (non-hydrogen) atoms. The Bertz CT molecular complexity index is 1440. The summed E-state index contributed by atoms with van der Waals surface area (Å²) < 4.78 is 10.9. The van der Waals surface area contributed by atoms with Crippen LogP contribution in [0.4, 0.5) is 9.59 Å². The first-order valence-corrected chi connectivity index (χ1v) is 15.0. The van der Waals surface area contributed by atoms with Crippen molar-refractivity contribution in [1.29, 1.82) is 0 Å². The van der Waals surface area contributed by atoms with E-state index in [0.29, 0.717) is 12.1 Å². The highest BCUT2D eigenvalue weighted by Gasteiger charge is 2.38. The van der Waals surface area contributed by atoms with Crippen LogP contribution in [0.15, 0.2) is 48.5 Å². The lowest BCUT2D eigenvalue weighted by Gasteiger charge is -2.35. The van der Waals surface area contributed by atoms with E-state index in [-0.39, 0.29) is 17.7 Å². The third kappa shape index (κ3) is 11.3. The van der Waals surface area contributed by atoms with Crippen molar-refractivity contribution in [3.63, 3.8) is 0 Å². The van der Waals surface area contributed by atoms with E-state index >= 15 is 0 Å². The first-order valence-electron chi connectivity index (χ1n) is 15.0. The van der Waals surface area contributed by atoms with Crippen molar-refractivity contribution in [2.45, 2.75) is 104 Å². The van der Waals surface area contributed by atoms with Gasteiger partial charge in [-0.25, -0.2) is 9.59 Å². The molecule has 1 fully saturated rings. The number of nitrogens with zero attached hydrogens (tertiary/aromatic N) is 1. The normalized spacial score (nSPS) is 13.9. The Morgan fingerprint density at radius 3 is 1.82 bits per heavy atom. The summed E-state index contributed by atoms with van der Waals surface area (Å²) in [6.45, 7) is 13.5. The average Bonchev–Trinajstić information content (AvgIpc) is 3.76. The monoisotopic (exact) mass is 619 g/mol. The molecule has 0 heterocycles. The molecule has 10 heteroatoms. The summed E-state index contributed by atoms with van der Waals surface area (Å²) in [5, 5.41) is 14.8. The summed E-state index contributed by atoms with van der Waals surface area (Å²) in [5.41, 5.74) is 0.163. The first-order chi connectivity index (χ1) is 20.9. The average molecular weight is 620 g/mol. The maximum Gasteiger partial charge on any atom is 0.410 e. The van der Waals surface area contributed by atoms with Gasteiger partial charge in [0.05, 0.1) is 5.54 Å². The number of ether oxygens (including phenoxy) is 2. The fraction of sp³-hybridized carbons (Fsp3) is 0.486. The molecule has 1 atom stereocenters. The maximum atomic E-state index is 13.0. The Balaban J connectivity index is 1.64. The minimum Gasteiger partial charge on any atom is -0.444 e. The van der Waals surface area contributed by atoms with Gasteiger partial charge in [-0.2, -0.15) is 0 Å². The van der Waals surface area contributed by atoms with E-state index in [2.05, 4.69) is 22.5 Å². The number of hydrogen-bond acceptors (Lipinski definition) is 7. The van der Waals surface area contributed by atoms with Crippen LogP contribution in [0.5, 0.6) is 0 Å². The van der Waals surface area contributed by atoms with Crippen molar-refractivity contribution in [3.8, 4) is 11.8 Å². The zero-order valence-electron chi connectivity index (χ0n) is 27.4. The number of alkyl carbamates (subject to hydrolysis) is 1. The number of carbonyl (C=O) groups excluding carboxylic acids is 4. The molecule has 2 aromatic rings. The lowest BCUT2D eigenvalue weighted by Crippen LogP contribution is -2.63. The van der Waals surface area contributed by atoms with Gasteiger partial charge in [-0.05, 0) is 110 Å². The molecule has 3 amide bonds. The Hall–Kier alpha value is -4.36. The summed E-state index contributed by atoms with van der Waals surface area (Å²) in [6, 6.07) is 13.2. The van der Waals surface area contributed by atoms with Gasteiger partial charge in [0.1, 0.15) is 23.9 Å². The van der Waals surface area contributed by atoms with Crippen LogP contribution in [-0.4, -0.2) is 69.3 Å². The zero-order valence-corrected chi connectivity index (χ0v) is 27.4. The second-order valence-corrected chi connectivity index (χ2v) is 13.7. The molecule has 1 aliphatic rings. The predicted octanol–water partition coefficient (Wildman–Crippen LogP) is 4.95. The van der Waals surface area contributed by atoms with Crippen LogP contribution in [0.2, 0.25) is 0 Å². The summed E-state index contributed by atoms with van der Waals surface area (Å²) in [6.07, 6.45) is 0.903. The van der Waals surface area contributed by atoms with Crippen LogP contribution in [-0.2, 0) is 20.8 Å². The Kier molecular flexibility index (Phi) is 11.1. The van der Waals surface area contributed by atoms with Crippen molar-refractivity contribution in [2.75, 3.05) is 6.61 Å². The van der Waals surface area contributed by atoms with E-state index in [1.807, 2.05) is 45.0 Å².